The number of rotatable bonds is 6. The normalized spacial score (nSPS) is 12.0. The van der Waals surface area contributed by atoms with Crippen LogP contribution < -0.4 is 9.47 Å². The van der Waals surface area contributed by atoms with Crippen LogP contribution in [0.1, 0.15) is 23.7 Å². The number of aliphatic hydroxyl groups excluding tert-OH is 1. The van der Waals surface area contributed by atoms with E-state index in [9.17, 15) is 9.90 Å². The molecule has 0 fully saturated rings. The molecule has 1 aromatic rings. The fourth-order valence-electron chi connectivity index (χ4n) is 1.33. The SMILES string of the molecule is CCC(O)COc1c(OC)cc(Cl)cc1C(=O)O. The lowest BCUT2D eigenvalue weighted by Gasteiger charge is -2.15. The lowest BCUT2D eigenvalue weighted by Crippen LogP contribution is -2.17. The molecule has 1 aromatic carbocycles. The molecule has 0 spiro atoms. The van der Waals surface area contributed by atoms with E-state index in [1.807, 2.05) is 0 Å². The first-order chi connectivity index (χ1) is 8.49. The first kappa shape index (κ1) is 14.6. The van der Waals surface area contributed by atoms with Crippen molar-refractivity contribution < 1.29 is 24.5 Å². The first-order valence-corrected chi connectivity index (χ1v) is 5.79. The molecule has 0 aliphatic rings. The summed E-state index contributed by atoms with van der Waals surface area (Å²) < 4.78 is 10.3. The van der Waals surface area contributed by atoms with Crippen LogP contribution in [0.4, 0.5) is 0 Å². The first-order valence-electron chi connectivity index (χ1n) is 5.41. The second kappa shape index (κ2) is 6.47. The van der Waals surface area contributed by atoms with Gasteiger partial charge in [-0.3, -0.25) is 0 Å². The Labute approximate surface area is 110 Å². The molecule has 0 bridgehead atoms. The molecule has 0 saturated heterocycles. The number of carboxylic acid groups (broad SMARTS) is 1. The number of aliphatic hydroxyl groups is 1. The van der Waals surface area contributed by atoms with Crippen LogP contribution in [0, 0.1) is 0 Å². The summed E-state index contributed by atoms with van der Waals surface area (Å²) in [5.41, 5.74) is -0.0948. The van der Waals surface area contributed by atoms with Crippen molar-refractivity contribution in [1.29, 1.82) is 0 Å². The molecule has 0 aliphatic carbocycles. The summed E-state index contributed by atoms with van der Waals surface area (Å²) in [5.74, 6) is -0.873. The fraction of sp³-hybridized carbons (Fsp3) is 0.417. The van der Waals surface area contributed by atoms with Crippen LogP contribution in [0.15, 0.2) is 12.1 Å². The quantitative estimate of drug-likeness (QED) is 0.832. The van der Waals surface area contributed by atoms with Gasteiger partial charge >= 0.3 is 5.97 Å². The Bertz CT molecular complexity index is 433. The summed E-state index contributed by atoms with van der Waals surface area (Å²) in [5, 5.41) is 18.7. The maximum Gasteiger partial charge on any atom is 0.339 e. The van der Waals surface area contributed by atoms with Crippen molar-refractivity contribution in [3.63, 3.8) is 0 Å². The highest BCUT2D eigenvalue weighted by atomic mass is 35.5. The van der Waals surface area contributed by atoms with Crippen LogP contribution >= 0.6 is 11.6 Å². The molecule has 1 unspecified atom stereocenters. The highest BCUT2D eigenvalue weighted by Gasteiger charge is 2.19. The van der Waals surface area contributed by atoms with Gasteiger partial charge in [-0.1, -0.05) is 18.5 Å². The molecule has 18 heavy (non-hydrogen) atoms. The Morgan fingerprint density at radius 2 is 2.17 bits per heavy atom. The third-order valence-corrected chi connectivity index (χ3v) is 2.58. The van der Waals surface area contributed by atoms with Crippen molar-refractivity contribution in [1.82, 2.24) is 0 Å². The number of carbonyl (C=O) groups is 1. The average Bonchev–Trinajstić information content (AvgIpc) is 2.35. The van der Waals surface area contributed by atoms with E-state index in [1.54, 1.807) is 6.92 Å². The molecule has 0 saturated carbocycles. The van der Waals surface area contributed by atoms with Gasteiger partial charge in [0, 0.05) is 11.1 Å². The van der Waals surface area contributed by atoms with Crippen molar-refractivity contribution in [2.45, 2.75) is 19.4 Å². The fourth-order valence-corrected chi connectivity index (χ4v) is 1.53. The maximum atomic E-state index is 11.1. The summed E-state index contributed by atoms with van der Waals surface area (Å²) in [6, 6.07) is 2.74. The van der Waals surface area contributed by atoms with E-state index in [0.29, 0.717) is 6.42 Å². The van der Waals surface area contributed by atoms with Crippen molar-refractivity contribution in [3.8, 4) is 11.5 Å². The summed E-state index contributed by atoms with van der Waals surface area (Å²) in [6.07, 6.45) is -0.148. The molecule has 2 N–H and O–H groups in total. The predicted molar refractivity (Wildman–Crippen MR) is 66.8 cm³/mol. The second-order valence-corrected chi connectivity index (χ2v) is 4.10. The molecule has 0 aliphatic heterocycles. The van der Waals surface area contributed by atoms with Gasteiger partial charge in [-0.05, 0) is 12.5 Å². The predicted octanol–water partition coefficient (Wildman–Crippen LogP) is 2.20. The molecule has 0 radical (unpaired) electrons. The van der Waals surface area contributed by atoms with Crippen molar-refractivity contribution >= 4 is 17.6 Å². The molecule has 0 amide bonds. The Kier molecular flexibility index (Phi) is 5.25. The number of benzene rings is 1. The van der Waals surface area contributed by atoms with Gasteiger partial charge in [0.2, 0.25) is 0 Å². The lowest BCUT2D eigenvalue weighted by molar-refractivity contribution is 0.0680. The van der Waals surface area contributed by atoms with Crippen LogP contribution in [-0.4, -0.2) is 36.0 Å². The van der Waals surface area contributed by atoms with Gasteiger partial charge in [-0.15, -0.1) is 0 Å². The van der Waals surface area contributed by atoms with Crippen LogP contribution in [-0.2, 0) is 0 Å². The van der Waals surface area contributed by atoms with Crippen LogP contribution in [0.2, 0.25) is 5.02 Å². The smallest absolute Gasteiger partial charge is 0.339 e. The van der Waals surface area contributed by atoms with Gasteiger partial charge < -0.3 is 19.7 Å². The van der Waals surface area contributed by atoms with Crippen molar-refractivity contribution in [2.24, 2.45) is 0 Å². The number of carboxylic acids is 1. The van der Waals surface area contributed by atoms with Gasteiger partial charge in [-0.25, -0.2) is 4.79 Å². The summed E-state index contributed by atoms with van der Waals surface area (Å²) >= 11 is 5.79. The van der Waals surface area contributed by atoms with E-state index >= 15 is 0 Å². The minimum Gasteiger partial charge on any atom is -0.493 e. The van der Waals surface area contributed by atoms with Crippen LogP contribution in [0.3, 0.4) is 0 Å². The largest absolute Gasteiger partial charge is 0.493 e. The number of ether oxygens (including phenoxy) is 2. The summed E-state index contributed by atoms with van der Waals surface area (Å²) in [4.78, 5) is 11.1. The lowest BCUT2D eigenvalue weighted by atomic mass is 10.2. The minimum atomic E-state index is -1.17. The number of aromatic carboxylic acids is 1. The van der Waals surface area contributed by atoms with Crippen LogP contribution in [0.25, 0.3) is 0 Å². The highest BCUT2D eigenvalue weighted by molar-refractivity contribution is 6.31. The monoisotopic (exact) mass is 274 g/mol. The number of halogens is 1. The zero-order valence-electron chi connectivity index (χ0n) is 10.1. The molecule has 0 heterocycles. The zero-order chi connectivity index (χ0) is 13.7. The topological polar surface area (TPSA) is 76.0 Å². The summed E-state index contributed by atoms with van der Waals surface area (Å²) in [7, 11) is 1.39. The number of hydrogen-bond donors (Lipinski definition) is 2. The van der Waals surface area contributed by atoms with E-state index in [4.69, 9.17) is 26.2 Å². The minimum absolute atomic E-state index is 0.00519. The third-order valence-electron chi connectivity index (χ3n) is 2.36. The zero-order valence-corrected chi connectivity index (χ0v) is 10.9. The molecule has 100 valence electrons. The Morgan fingerprint density at radius 3 is 2.67 bits per heavy atom. The van der Waals surface area contributed by atoms with Gasteiger partial charge in [0.25, 0.3) is 0 Å². The standard InChI is InChI=1S/C12H15ClO5/c1-3-8(14)6-18-11-9(12(15)16)4-7(13)5-10(11)17-2/h4-5,8,14H,3,6H2,1-2H3,(H,15,16). The Morgan fingerprint density at radius 1 is 1.50 bits per heavy atom. The van der Waals surface area contributed by atoms with E-state index < -0.39 is 12.1 Å². The van der Waals surface area contributed by atoms with E-state index in [0.717, 1.165) is 0 Å². The maximum absolute atomic E-state index is 11.1. The molecular formula is C12H15ClO5. The van der Waals surface area contributed by atoms with Gasteiger partial charge in [0.15, 0.2) is 11.5 Å². The van der Waals surface area contributed by atoms with E-state index in [-0.39, 0.29) is 28.7 Å². The van der Waals surface area contributed by atoms with E-state index in [2.05, 4.69) is 0 Å². The molecule has 1 rings (SSSR count). The van der Waals surface area contributed by atoms with E-state index in [1.165, 1.54) is 19.2 Å². The number of methoxy groups -OCH3 is 1. The second-order valence-electron chi connectivity index (χ2n) is 3.66. The third kappa shape index (κ3) is 3.51. The number of hydrogen-bond acceptors (Lipinski definition) is 4. The molecular weight excluding hydrogens is 260 g/mol. The molecule has 5 nitrogen and oxygen atoms in total. The summed E-state index contributed by atoms with van der Waals surface area (Å²) in [6.45, 7) is 1.79. The molecule has 0 aromatic heterocycles. The Hall–Kier alpha value is -1.46. The average molecular weight is 275 g/mol. The van der Waals surface area contributed by atoms with Crippen molar-refractivity contribution in [2.75, 3.05) is 13.7 Å². The Balaban J connectivity index is 3.09. The highest BCUT2D eigenvalue weighted by Crippen LogP contribution is 2.34. The molecule has 6 heteroatoms. The van der Waals surface area contributed by atoms with Gasteiger partial charge in [0.1, 0.15) is 12.2 Å². The van der Waals surface area contributed by atoms with Gasteiger partial charge in [0.05, 0.1) is 13.2 Å². The molecule has 1 atom stereocenters. The van der Waals surface area contributed by atoms with Crippen LogP contribution in [0.5, 0.6) is 11.5 Å². The van der Waals surface area contributed by atoms with Gasteiger partial charge in [-0.2, -0.15) is 0 Å². The van der Waals surface area contributed by atoms with Crippen molar-refractivity contribution in [3.05, 3.63) is 22.7 Å².